The molecule has 0 heterocycles. The molecular formula is C9H17NO6S. The summed E-state index contributed by atoms with van der Waals surface area (Å²) in [6.07, 6.45) is -0.677. The molecule has 8 heteroatoms. The second-order valence-electron chi connectivity index (χ2n) is 4.12. The molecule has 0 unspecified atom stereocenters. The van der Waals surface area contributed by atoms with Crippen molar-refractivity contribution in [2.24, 2.45) is 5.92 Å². The zero-order chi connectivity index (χ0) is 13.6. The number of carboxylic acid groups (broad SMARTS) is 2. The van der Waals surface area contributed by atoms with Crippen LogP contribution in [-0.2, 0) is 19.6 Å². The molecule has 17 heavy (non-hydrogen) atoms. The molecule has 0 aromatic rings. The Morgan fingerprint density at radius 2 is 1.76 bits per heavy atom. The lowest BCUT2D eigenvalue weighted by Gasteiger charge is -2.14. The molecule has 0 rings (SSSR count). The van der Waals surface area contributed by atoms with Gasteiger partial charge in [0.05, 0.1) is 5.75 Å². The summed E-state index contributed by atoms with van der Waals surface area (Å²) in [7, 11) is -3.70. The SMILES string of the molecule is CC(C)CS(=O)(=O)N[C@@H](CCC(=O)O)C(=O)O. The molecule has 0 spiro atoms. The van der Waals surface area contributed by atoms with Crippen LogP contribution in [0.4, 0.5) is 0 Å². The summed E-state index contributed by atoms with van der Waals surface area (Å²) in [6, 6.07) is -1.39. The van der Waals surface area contributed by atoms with Gasteiger partial charge in [-0.25, -0.2) is 13.1 Å². The minimum Gasteiger partial charge on any atom is -0.481 e. The van der Waals surface area contributed by atoms with E-state index in [1.807, 2.05) is 4.72 Å². The number of nitrogens with one attached hydrogen (secondary N) is 1. The minimum absolute atomic E-state index is 0.138. The maximum atomic E-state index is 11.5. The maximum absolute atomic E-state index is 11.5. The van der Waals surface area contributed by atoms with E-state index in [4.69, 9.17) is 10.2 Å². The fourth-order valence-corrected chi connectivity index (χ4v) is 2.83. The summed E-state index contributed by atoms with van der Waals surface area (Å²) >= 11 is 0. The Morgan fingerprint density at radius 3 is 2.12 bits per heavy atom. The first-order valence-electron chi connectivity index (χ1n) is 5.08. The van der Waals surface area contributed by atoms with Crippen LogP contribution in [-0.4, -0.2) is 42.4 Å². The standard InChI is InChI=1S/C9H17NO6S/c1-6(2)5-17(15,16)10-7(9(13)14)3-4-8(11)12/h6-7,10H,3-5H2,1-2H3,(H,11,12)(H,13,14)/t7-/m0/s1. The summed E-state index contributed by atoms with van der Waals surface area (Å²) in [6.45, 7) is 3.37. The highest BCUT2D eigenvalue weighted by atomic mass is 32.2. The van der Waals surface area contributed by atoms with Gasteiger partial charge in [0.2, 0.25) is 10.0 Å². The van der Waals surface area contributed by atoms with Gasteiger partial charge in [0.1, 0.15) is 6.04 Å². The van der Waals surface area contributed by atoms with Gasteiger partial charge < -0.3 is 10.2 Å². The van der Waals surface area contributed by atoms with E-state index in [2.05, 4.69) is 0 Å². The van der Waals surface area contributed by atoms with Gasteiger partial charge in [-0.3, -0.25) is 9.59 Å². The van der Waals surface area contributed by atoms with Crippen LogP contribution in [0.1, 0.15) is 26.7 Å². The van der Waals surface area contributed by atoms with E-state index in [1.165, 1.54) is 0 Å². The van der Waals surface area contributed by atoms with Crippen molar-refractivity contribution in [2.75, 3.05) is 5.75 Å². The topological polar surface area (TPSA) is 121 Å². The van der Waals surface area contributed by atoms with Crippen molar-refractivity contribution in [3.8, 4) is 0 Å². The number of sulfonamides is 1. The van der Waals surface area contributed by atoms with Crippen LogP contribution in [0.5, 0.6) is 0 Å². The number of rotatable bonds is 8. The molecule has 0 saturated heterocycles. The van der Waals surface area contributed by atoms with Gasteiger partial charge in [0.15, 0.2) is 0 Å². The predicted molar refractivity (Wildman–Crippen MR) is 60.1 cm³/mol. The quantitative estimate of drug-likeness (QED) is 0.563. The molecule has 0 saturated carbocycles. The summed E-state index contributed by atoms with van der Waals surface area (Å²) in [5.41, 5.74) is 0. The van der Waals surface area contributed by atoms with E-state index in [0.29, 0.717) is 0 Å². The number of hydrogen-bond donors (Lipinski definition) is 3. The number of carbonyl (C=O) groups is 2. The van der Waals surface area contributed by atoms with Gasteiger partial charge in [-0.15, -0.1) is 0 Å². The Kier molecular flexibility index (Phi) is 6.11. The summed E-state index contributed by atoms with van der Waals surface area (Å²) in [5, 5.41) is 17.2. The smallest absolute Gasteiger partial charge is 0.321 e. The molecule has 0 fully saturated rings. The third kappa shape index (κ3) is 7.70. The first kappa shape index (κ1) is 15.9. The highest BCUT2D eigenvalue weighted by Crippen LogP contribution is 2.03. The molecule has 0 bridgehead atoms. The molecule has 3 N–H and O–H groups in total. The first-order chi connectivity index (χ1) is 7.64. The normalized spacial score (nSPS) is 13.6. The van der Waals surface area contributed by atoms with E-state index in [-0.39, 0.29) is 18.1 Å². The van der Waals surface area contributed by atoms with Crippen LogP contribution in [0.2, 0.25) is 0 Å². The summed E-state index contributed by atoms with van der Waals surface area (Å²) in [4.78, 5) is 21.1. The predicted octanol–water partition coefficient (Wildman–Crippen LogP) is -0.120. The number of aliphatic carboxylic acids is 2. The lowest BCUT2D eigenvalue weighted by atomic mass is 10.2. The Balaban J connectivity index is 4.54. The summed E-state index contributed by atoms with van der Waals surface area (Å²) < 4.78 is 24.9. The fourth-order valence-electron chi connectivity index (χ4n) is 1.20. The van der Waals surface area contributed by atoms with Crippen LogP contribution >= 0.6 is 0 Å². The summed E-state index contributed by atoms with van der Waals surface area (Å²) in [5.74, 6) is -2.87. The molecule has 0 aromatic heterocycles. The maximum Gasteiger partial charge on any atom is 0.321 e. The Labute approximate surface area is 99.9 Å². The van der Waals surface area contributed by atoms with Crippen molar-refractivity contribution >= 4 is 22.0 Å². The largest absolute Gasteiger partial charge is 0.481 e. The van der Waals surface area contributed by atoms with Crippen LogP contribution in [0, 0.1) is 5.92 Å². The molecule has 0 amide bonds. The Hall–Kier alpha value is -1.15. The zero-order valence-corrected chi connectivity index (χ0v) is 10.5. The van der Waals surface area contributed by atoms with Crippen molar-refractivity contribution in [2.45, 2.75) is 32.7 Å². The van der Waals surface area contributed by atoms with Gasteiger partial charge in [-0.05, 0) is 12.3 Å². The third-order valence-electron chi connectivity index (χ3n) is 1.82. The second kappa shape index (κ2) is 6.55. The van der Waals surface area contributed by atoms with E-state index in [9.17, 15) is 18.0 Å². The lowest BCUT2D eigenvalue weighted by Crippen LogP contribution is -2.42. The van der Waals surface area contributed by atoms with Gasteiger partial charge in [-0.2, -0.15) is 0 Å². The van der Waals surface area contributed by atoms with Crippen molar-refractivity contribution < 1.29 is 28.2 Å². The molecule has 1 atom stereocenters. The molecule has 100 valence electrons. The van der Waals surface area contributed by atoms with Crippen LogP contribution in [0.15, 0.2) is 0 Å². The van der Waals surface area contributed by atoms with Crippen LogP contribution in [0.25, 0.3) is 0 Å². The van der Waals surface area contributed by atoms with Crippen molar-refractivity contribution in [1.29, 1.82) is 0 Å². The third-order valence-corrected chi connectivity index (χ3v) is 3.57. The van der Waals surface area contributed by atoms with E-state index >= 15 is 0 Å². The molecule has 0 radical (unpaired) electrons. The van der Waals surface area contributed by atoms with Crippen molar-refractivity contribution in [3.05, 3.63) is 0 Å². The molecule has 0 aliphatic heterocycles. The average molecular weight is 267 g/mol. The second-order valence-corrected chi connectivity index (χ2v) is 5.91. The first-order valence-corrected chi connectivity index (χ1v) is 6.74. The zero-order valence-electron chi connectivity index (χ0n) is 9.71. The monoisotopic (exact) mass is 267 g/mol. The van der Waals surface area contributed by atoms with Crippen molar-refractivity contribution in [1.82, 2.24) is 4.72 Å². The lowest BCUT2D eigenvalue weighted by molar-refractivity contribution is -0.140. The highest BCUT2D eigenvalue weighted by molar-refractivity contribution is 7.89. The molecular weight excluding hydrogens is 250 g/mol. The van der Waals surface area contributed by atoms with E-state index in [0.717, 1.165) is 0 Å². The molecule has 0 aliphatic rings. The Bertz CT molecular complexity index is 375. The molecule has 0 aliphatic carbocycles. The molecule has 7 nitrogen and oxygen atoms in total. The van der Waals surface area contributed by atoms with Crippen molar-refractivity contribution in [3.63, 3.8) is 0 Å². The molecule has 0 aromatic carbocycles. The van der Waals surface area contributed by atoms with Crippen LogP contribution in [0.3, 0.4) is 0 Å². The minimum atomic E-state index is -3.70. The average Bonchev–Trinajstić information content (AvgIpc) is 2.09. The number of hydrogen-bond acceptors (Lipinski definition) is 4. The highest BCUT2D eigenvalue weighted by Gasteiger charge is 2.25. The van der Waals surface area contributed by atoms with E-state index in [1.54, 1.807) is 13.8 Å². The van der Waals surface area contributed by atoms with Gasteiger partial charge in [0.25, 0.3) is 0 Å². The van der Waals surface area contributed by atoms with Crippen LogP contribution < -0.4 is 4.72 Å². The van der Waals surface area contributed by atoms with Gasteiger partial charge in [0, 0.05) is 6.42 Å². The van der Waals surface area contributed by atoms with Gasteiger partial charge >= 0.3 is 11.9 Å². The Morgan fingerprint density at radius 1 is 1.24 bits per heavy atom. The van der Waals surface area contributed by atoms with Gasteiger partial charge in [-0.1, -0.05) is 13.8 Å². The number of carboxylic acids is 2. The fraction of sp³-hybridized carbons (Fsp3) is 0.778. The van der Waals surface area contributed by atoms with E-state index < -0.39 is 34.4 Å².